The monoisotopic (exact) mass is 256 g/mol. The van der Waals surface area contributed by atoms with Gasteiger partial charge in [-0.2, -0.15) is 0 Å². The van der Waals surface area contributed by atoms with Crippen LogP contribution in [0.5, 0.6) is 0 Å². The maximum Gasteiger partial charge on any atom is 0.154 e. The van der Waals surface area contributed by atoms with Crippen molar-refractivity contribution in [2.45, 2.75) is 23.6 Å². The third-order valence-electron chi connectivity index (χ3n) is 2.41. The Balaban J connectivity index is 2.18. The predicted molar refractivity (Wildman–Crippen MR) is 53.4 cm³/mol. The van der Waals surface area contributed by atoms with Crippen molar-refractivity contribution in [3.63, 3.8) is 0 Å². The minimum Gasteiger partial charge on any atom is -0.469 e. The fraction of sp³-hybridized carbons (Fsp3) is 0.400. The van der Waals surface area contributed by atoms with Gasteiger partial charge < -0.3 is 4.42 Å². The average Bonchev–Trinajstić information content (AvgIpc) is 2.66. The van der Waals surface area contributed by atoms with Crippen LogP contribution in [0.1, 0.15) is 24.5 Å². The summed E-state index contributed by atoms with van der Waals surface area (Å²) in [5.74, 6) is 0.551. The number of hydrogen-bond acceptors (Lipinski definition) is 3. The molecule has 0 N–H and O–H groups in total. The first-order valence-electron chi connectivity index (χ1n) is 4.41. The lowest BCUT2D eigenvalue weighted by Gasteiger charge is -2.21. The highest BCUT2D eigenvalue weighted by Crippen LogP contribution is 2.31. The van der Waals surface area contributed by atoms with Gasteiger partial charge in [0, 0.05) is 18.8 Å². The third kappa shape index (κ3) is 1.66. The number of carbonyl (C=O) groups excluding carboxylic acids is 2. The zero-order chi connectivity index (χ0) is 10.1. The topological polar surface area (TPSA) is 47.3 Å². The molecule has 0 saturated heterocycles. The number of alkyl halides is 1. The van der Waals surface area contributed by atoms with E-state index >= 15 is 0 Å². The molecule has 74 valence electrons. The lowest BCUT2D eigenvalue weighted by atomic mass is 9.86. The molecule has 1 aromatic rings. The van der Waals surface area contributed by atoms with Crippen molar-refractivity contribution in [2.75, 3.05) is 0 Å². The van der Waals surface area contributed by atoms with Crippen LogP contribution in [0.25, 0.3) is 0 Å². The molecule has 2 rings (SSSR count). The van der Waals surface area contributed by atoms with Gasteiger partial charge in [-0.05, 0) is 12.1 Å². The first kappa shape index (κ1) is 9.65. The number of hydrogen-bond donors (Lipinski definition) is 0. The Hall–Kier alpha value is -0.900. The minimum absolute atomic E-state index is 0.0531. The molecule has 0 aliphatic heterocycles. The van der Waals surface area contributed by atoms with E-state index in [0.29, 0.717) is 12.8 Å². The summed E-state index contributed by atoms with van der Waals surface area (Å²) < 4.78 is 5.19. The number of Topliss-reactive ketones (excluding diaryl/α,β-unsaturated/α-hetero) is 2. The van der Waals surface area contributed by atoms with E-state index in [0.717, 1.165) is 5.76 Å². The zero-order valence-electron chi connectivity index (χ0n) is 7.40. The highest BCUT2D eigenvalue weighted by molar-refractivity contribution is 9.10. The van der Waals surface area contributed by atoms with Crippen molar-refractivity contribution < 1.29 is 14.0 Å². The van der Waals surface area contributed by atoms with E-state index in [1.165, 1.54) is 0 Å². The molecule has 1 aliphatic carbocycles. The van der Waals surface area contributed by atoms with Gasteiger partial charge in [0.1, 0.15) is 10.6 Å². The fourth-order valence-electron chi connectivity index (χ4n) is 1.67. The SMILES string of the molecule is O=C1CC(c2ccco2)CC(=O)C1Br. The van der Waals surface area contributed by atoms with Crippen molar-refractivity contribution >= 4 is 27.5 Å². The number of rotatable bonds is 1. The zero-order valence-corrected chi connectivity index (χ0v) is 8.99. The molecule has 4 heteroatoms. The second kappa shape index (κ2) is 3.69. The number of furan rings is 1. The molecule has 1 heterocycles. The summed E-state index contributed by atoms with van der Waals surface area (Å²) in [6.07, 6.45) is 2.33. The highest BCUT2D eigenvalue weighted by atomic mass is 79.9. The molecule has 0 bridgehead atoms. The normalized spacial score (nSPS) is 28.1. The summed E-state index contributed by atoms with van der Waals surface area (Å²) in [6.45, 7) is 0. The Morgan fingerprint density at radius 1 is 1.29 bits per heavy atom. The number of carbonyl (C=O) groups is 2. The maximum atomic E-state index is 11.4. The van der Waals surface area contributed by atoms with Gasteiger partial charge in [0.2, 0.25) is 0 Å². The predicted octanol–water partition coefficient (Wildman–Crippen LogP) is 2.06. The lowest BCUT2D eigenvalue weighted by molar-refractivity contribution is -0.129. The number of ketones is 2. The second-order valence-electron chi connectivity index (χ2n) is 3.42. The summed E-state index contributed by atoms with van der Waals surface area (Å²) in [5, 5.41) is 0. The van der Waals surface area contributed by atoms with E-state index in [1.807, 2.05) is 0 Å². The van der Waals surface area contributed by atoms with E-state index in [4.69, 9.17) is 4.42 Å². The number of halogens is 1. The maximum absolute atomic E-state index is 11.4. The van der Waals surface area contributed by atoms with Crippen LogP contribution in [-0.4, -0.2) is 16.4 Å². The van der Waals surface area contributed by atoms with Gasteiger partial charge in [0.15, 0.2) is 11.6 Å². The molecule has 0 radical (unpaired) electrons. The van der Waals surface area contributed by atoms with Crippen LogP contribution in [0.15, 0.2) is 22.8 Å². The molecule has 1 aliphatic rings. The first-order valence-corrected chi connectivity index (χ1v) is 5.33. The molecule has 0 aromatic carbocycles. The molecule has 1 saturated carbocycles. The average molecular weight is 257 g/mol. The molecule has 0 spiro atoms. The van der Waals surface area contributed by atoms with E-state index < -0.39 is 4.83 Å². The van der Waals surface area contributed by atoms with Crippen molar-refractivity contribution in [3.05, 3.63) is 24.2 Å². The van der Waals surface area contributed by atoms with Gasteiger partial charge in [-0.3, -0.25) is 9.59 Å². The van der Waals surface area contributed by atoms with Crippen LogP contribution in [0.4, 0.5) is 0 Å². The van der Waals surface area contributed by atoms with Gasteiger partial charge >= 0.3 is 0 Å². The molecule has 1 fully saturated rings. The second-order valence-corrected chi connectivity index (χ2v) is 4.33. The van der Waals surface area contributed by atoms with Crippen LogP contribution in [0.2, 0.25) is 0 Å². The van der Waals surface area contributed by atoms with Gasteiger partial charge in [-0.1, -0.05) is 15.9 Å². The Morgan fingerprint density at radius 3 is 2.43 bits per heavy atom. The quantitative estimate of drug-likeness (QED) is 0.571. The van der Waals surface area contributed by atoms with Crippen molar-refractivity contribution in [3.8, 4) is 0 Å². The van der Waals surface area contributed by atoms with Crippen LogP contribution >= 0.6 is 15.9 Å². The molecule has 0 amide bonds. The van der Waals surface area contributed by atoms with Gasteiger partial charge in [0.05, 0.1) is 6.26 Å². The van der Waals surface area contributed by atoms with Crippen molar-refractivity contribution in [1.82, 2.24) is 0 Å². The molecular weight excluding hydrogens is 248 g/mol. The lowest BCUT2D eigenvalue weighted by Crippen LogP contribution is -2.32. The van der Waals surface area contributed by atoms with E-state index in [2.05, 4.69) is 15.9 Å². The molecule has 3 nitrogen and oxygen atoms in total. The van der Waals surface area contributed by atoms with Crippen LogP contribution < -0.4 is 0 Å². The summed E-state index contributed by atoms with van der Waals surface area (Å²) >= 11 is 3.08. The van der Waals surface area contributed by atoms with Crippen molar-refractivity contribution in [2.24, 2.45) is 0 Å². The van der Waals surface area contributed by atoms with Gasteiger partial charge in [-0.15, -0.1) is 0 Å². The molecule has 0 unspecified atom stereocenters. The van der Waals surface area contributed by atoms with Crippen LogP contribution in [0, 0.1) is 0 Å². The minimum atomic E-state index is -0.603. The Morgan fingerprint density at radius 2 is 1.93 bits per heavy atom. The summed E-state index contributed by atoms with van der Waals surface area (Å²) in [6, 6.07) is 3.57. The Labute approximate surface area is 89.6 Å². The third-order valence-corrected chi connectivity index (χ3v) is 3.43. The van der Waals surface area contributed by atoms with Gasteiger partial charge in [-0.25, -0.2) is 0 Å². The molecule has 1 aromatic heterocycles. The standard InChI is InChI=1S/C10H9BrO3/c11-10-7(12)4-6(5-8(10)13)9-2-1-3-14-9/h1-3,6,10H,4-5H2. The van der Waals surface area contributed by atoms with Crippen LogP contribution in [0.3, 0.4) is 0 Å². The fourth-order valence-corrected chi connectivity index (χ4v) is 2.04. The largest absolute Gasteiger partial charge is 0.469 e. The summed E-state index contributed by atoms with van der Waals surface area (Å²) in [4.78, 5) is 22.2. The van der Waals surface area contributed by atoms with E-state index in [1.54, 1.807) is 18.4 Å². The van der Waals surface area contributed by atoms with E-state index in [9.17, 15) is 9.59 Å². The van der Waals surface area contributed by atoms with Gasteiger partial charge in [0.25, 0.3) is 0 Å². The molecule has 14 heavy (non-hydrogen) atoms. The molecular formula is C10H9BrO3. The molecule has 0 atom stereocenters. The highest BCUT2D eigenvalue weighted by Gasteiger charge is 2.35. The summed E-state index contributed by atoms with van der Waals surface area (Å²) in [5.41, 5.74) is 0. The summed E-state index contributed by atoms with van der Waals surface area (Å²) in [7, 11) is 0. The van der Waals surface area contributed by atoms with E-state index in [-0.39, 0.29) is 17.5 Å². The Bertz CT molecular complexity index is 337. The van der Waals surface area contributed by atoms with Crippen LogP contribution in [-0.2, 0) is 9.59 Å². The smallest absolute Gasteiger partial charge is 0.154 e. The van der Waals surface area contributed by atoms with Crippen molar-refractivity contribution in [1.29, 1.82) is 0 Å². The Kier molecular flexibility index (Phi) is 2.54. The first-order chi connectivity index (χ1) is 6.68.